The summed E-state index contributed by atoms with van der Waals surface area (Å²) < 4.78 is 7.52. The molecular weight excluding hydrogens is 456 g/mol. The van der Waals surface area contributed by atoms with E-state index in [2.05, 4.69) is 32.6 Å². The summed E-state index contributed by atoms with van der Waals surface area (Å²) in [6.45, 7) is 15.2. The fourth-order valence-corrected chi connectivity index (χ4v) is 5.84. The van der Waals surface area contributed by atoms with E-state index < -0.39 is 0 Å². The van der Waals surface area contributed by atoms with Crippen molar-refractivity contribution in [1.29, 1.82) is 0 Å². The lowest BCUT2D eigenvalue weighted by Crippen LogP contribution is -2.31. The van der Waals surface area contributed by atoms with Crippen LogP contribution in [-0.2, 0) is 19.4 Å². The molecule has 0 atom stereocenters. The molecule has 0 unspecified atom stereocenters. The van der Waals surface area contributed by atoms with Crippen LogP contribution in [0.5, 0.6) is 5.75 Å². The Kier molecular flexibility index (Phi) is 7.62. The van der Waals surface area contributed by atoms with E-state index in [0.29, 0.717) is 64.1 Å². The average Bonchev–Trinajstić information content (AvgIpc) is 3.23. The van der Waals surface area contributed by atoms with Gasteiger partial charge < -0.3 is 9.52 Å². The van der Waals surface area contributed by atoms with Gasteiger partial charge in [0, 0.05) is 26.1 Å². The number of aromatic nitrogens is 1. The molecule has 2 aromatic carbocycles. The number of benzene rings is 2. The van der Waals surface area contributed by atoms with Gasteiger partial charge in [-0.1, -0.05) is 53.7 Å². The molecule has 0 spiro atoms. The van der Waals surface area contributed by atoms with Crippen molar-refractivity contribution in [3.8, 4) is 16.3 Å². The van der Waals surface area contributed by atoms with Gasteiger partial charge >= 0.3 is 0 Å². The number of rotatable bonds is 9. The molecule has 0 saturated heterocycles. The Hall–Kier alpha value is -2.70. The number of fused-ring (bicyclic) bond motifs is 2. The Morgan fingerprint density at radius 1 is 1.06 bits per heavy atom. The number of aryl methyl sites for hydroxylation is 2. The molecule has 0 fully saturated rings. The van der Waals surface area contributed by atoms with E-state index in [1.54, 1.807) is 0 Å². The third-order valence-electron chi connectivity index (χ3n) is 6.24. The molecule has 0 aliphatic carbocycles. The van der Waals surface area contributed by atoms with Gasteiger partial charge in [-0.15, -0.1) is 11.3 Å². The van der Waals surface area contributed by atoms with E-state index in [1.165, 1.54) is 11.3 Å². The van der Waals surface area contributed by atoms with Gasteiger partial charge in [0.05, 0.1) is 26.7 Å². The molecule has 1 N–H and O–H groups in total. The van der Waals surface area contributed by atoms with Crippen LogP contribution >= 0.6 is 11.3 Å². The van der Waals surface area contributed by atoms with Crippen LogP contribution in [-0.4, -0.2) is 28.1 Å². The number of hydrogen-bond donors (Lipinski definition) is 1. The number of phenols is 1. The first-order chi connectivity index (χ1) is 16.7. The van der Waals surface area contributed by atoms with E-state index in [1.807, 2.05) is 44.2 Å². The highest BCUT2D eigenvalue weighted by Gasteiger charge is 2.24. The summed E-state index contributed by atoms with van der Waals surface area (Å²) in [6, 6.07) is 9.74. The minimum absolute atomic E-state index is 0.0719. The van der Waals surface area contributed by atoms with Gasteiger partial charge in [-0.3, -0.25) is 9.69 Å². The first-order valence-electron chi connectivity index (χ1n) is 12.6. The lowest BCUT2D eigenvalue weighted by molar-refractivity contribution is 0.209. The zero-order chi connectivity index (χ0) is 25.3. The third-order valence-corrected chi connectivity index (χ3v) is 7.30. The van der Waals surface area contributed by atoms with Gasteiger partial charge in [-0.05, 0) is 42.0 Å². The van der Waals surface area contributed by atoms with Crippen LogP contribution in [0.2, 0.25) is 0 Å². The van der Waals surface area contributed by atoms with Crippen molar-refractivity contribution in [2.24, 2.45) is 11.8 Å². The van der Waals surface area contributed by atoms with E-state index >= 15 is 0 Å². The van der Waals surface area contributed by atoms with Gasteiger partial charge in [-0.25, -0.2) is 4.98 Å². The van der Waals surface area contributed by atoms with Crippen LogP contribution in [0.3, 0.4) is 0 Å². The Bertz CT molecular complexity index is 1360. The summed E-state index contributed by atoms with van der Waals surface area (Å²) in [5.74, 6) is 1.84. The van der Waals surface area contributed by atoms with Crippen LogP contribution in [0.25, 0.3) is 31.8 Å². The van der Waals surface area contributed by atoms with Crippen LogP contribution in [0.15, 0.2) is 39.5 Å². The average molecular weight is 493 g/mol. The summed E-state index contributed by atoms with van der Waals surface area (Å²) in [4.78, 5) is 21.1. The van der Waals surface area contributed by atoms with Gasteiger partial charge in [0.2, 0.25) is 5.43 Å². The van der Waals surface area contributed by atoms with Gasteiger partial charge in [0.1, 0.15) is 22.1 Å². The largest absolute Gasteiger partial charge is 0.507 e. The molecular formula is C29H36N2O3S. The third kappa shape index (κ3) is 5.14. The summed E-state index contributed by atoms with van der Waals surface area (Å²) >= 11 is 1.52. The monoisotopic (exact) mass is 492 g/mol. The van der Waals surface area contributed by atoms with Crippen molar-refractivity contribution in [3.05, 3.63) is 57.4 Å². The molecule has 5 nitrogen and oxygen atoms in total. The zero-order valence-corrected chi connectivity index (χ0v) is 22.5. The van der Waals surface area contributed by atoms with Crippen molar-refractivity contribution >= 4 is 32.5 Å². The SMILES string of the molecule is CCc1cc2c(=O)c(-c3nc4ccccc4s3)c(CC)oc2c(CN(CC(C)C)CC(C)C)c1O. The van der Waals surface area contributed by atoms with Gasteiger partial charge in [0.15, 0.2) is 0 Å². The second-order valence-electron chi connectivity index (χ2n) is 10.1. The van der Waals surface area contributed by atoms with Crippen molar-refractivity contribution in [3.63, 3.8) is 0 Å². The molecule has 4 aromatic rings. The van der Waals surface area contributed by atoms with Gasteiger partial charge in [-0.2, -0.15) is 0 Å². The molecule has 186 valence electrons. The van der Waals surface area contributed by atoms with E-state index in [4.69, 9.17) is 9.40 Å². The number of para-hydroxylation sites is 1. The standard InChI is InChI=1S/C29H36N2O3S/c1-7-19-13-20-27(33)25(29-30-22-11-9-10-12-24(22)35-29)23(8-2)34-28(20)21(26(19)32)16-31(14-17(3)4)15-18(5)6/h9-13,17-18,32H,7-8,14-16H2,1-6H3. The molecule has 0 bridgehead atoms. The zero-order valence-electron chi connectivity index (χ0n) is 21.6. The maximum Gasteiger partial charge on any atom is 0.203 e. The second kappa shape index (κ2) is 10.5. The maximum absolute atomic E-state index is 14.0. The molecule has 6 heteroatoms. The number of hydrogen-bond acceptors (Lipinski definition) is 6. The van der Waals surface area contributed by atoms with Crippen LogP contribution in [0, 0.1) is 11.8 Å². The molecule has 0 radical (unpaired) electrons. The number of phenolic OH excluding ortho intramolecular Hbond substituents is 1. The maximum atomic E-state index is 14.0. The Balaban J connectivity index is 1.95. The van der Waals surface area contributed by atoms with Crippen LogP contribution in [0.4, 0.5) is 0 Å². The van der Waals surface area contributed by atoms with Crippen LogP contribution in [0.1, 0.15) is 58.4 Å². The Morgan fingerprint density at radius 3 is 2.34 bits per heavy atom. The minimum Gasteiger partial charge on any atom is -0.507 e. The Morgan fingerprint density at radius 2 is 1.74 bits per heavy atom. The molecule has 35 heavy (non-hydrogen) atoms. The van der Waals surface area contributed by atoms with Crippen LogP contribution < -0.4 is 5.43 Å². The molecule has 0 aliphatic rings. The summed E-state index contributed by atoms with van der Waals surface area (Å²) in [7, 11) is 0. The molecule has 2 aromatic heterocycles. The molecule has 0 amide bonds. The molecule has 0 aliphatic heterocycles. The van der Waals surface area contributed by atoms with Gasteiger partial charge in [0.25, 0.3) is 0 Å². The topological polar surface area (TPSA) is 66.6 Å². The quantitative estimate of drug-likeness (QED) is 0.272. The summed E-state index contributed by atoms with van der Waals surface area (Å²) in [5, 5.41) is 12.5. The van der Waals surface area contributed by atoms with E-state index in [0.717, 1.165) is 28.9 Å². The van der Waals surface area contributed by atoms with E-state index in [-0.39, 0.29) is 11.2 Å². The fourth-order valence-electron chi connectivity index (χ4n) is 4.81. The number of aromatic hydroxyl groups is 1. The first kappa shape index (κ1) is 25.4. The highest BCUT2D eigenvalue weighted by atomic mass is 32.1. The molecule has 4 rings (SSSR count). The van der Waals surface area contributed by atoms with Crippen molar-refractivity contribution in [2.75, 3.05) is 13.1 Å². The fraction of sp³-hybridized carbons (Fsp3) is 0.448. The minimum atomic E-state index is -0.0719. The highest BCUT2D eigenvalue weighted by Crippen LogP contribution is 2.37. The molecule has 2 heterocycles. The lowest BCUT2D eigenvalue weighted by atomic mass is 9.99. The smallest absolute Gasteiger partial charge is 0.203 e. The second-order valence-corrected chi connectivity index (χ2v) is 11.2. The normalized spacial score (nSPS) is 12.1. The highest BCUT2D eigenvalue weighted by molar-refractivity contribution is 7.21. The summed E-state index contributed by atoms with van der Waals surface area (Å²) in [5.41, 5.74) is 3.34. The van der Waals surface area contributed by atoms with Crippen molar-refractivity contribution < 1.29 is 9.52 Å². The Labute approximate surface area is 211 Å². The van der Waals surface area contributed by atoms with E-state index in [9.17, 15) is 9.90 Å². The predicted molar refractivity (Wildman–Crippen MR) is 146 cm³/mol. The van der Waals surface area contributed by atoms with Crippen molar-refractivity contribution in [2.45, 2.75) is 60.9 Å². The van der Waals surface area contributed by atoms with Crippen molar-refractivity contribution in [1.82, 2.24) is 9.88 Å². The molecule has 0 saturated carbocycles. The number of nitrogens with zero attached hydrogens (tertiary/aromatic N) is 2. The first-order valence-corrected chi connectivity index (χ1v) is 13.5. The lowest BCUT2D eigenvalue weighted by Gasteiger charge is -2.27. The number of thiazole rings is 1. The summed E-state index contributed by atoms with van der Waals surface area (Å²) in [6.07, 6.45) is 1.20. The predicted octanol–water partition coefficient (Wildman–Crippen LogP) is 7.01.